The summed E-state index contributed by atoms with van der Waals surface area (Å²) in [7, 11) is -3.63. The summed E-state index contributed by atoms with van der Waals surface area (Å²) in [6, 6.07) is 0. The first kappa shape index (κ1) is 14.8. The maximum absolute atomic E-state index is 12.5. The minimum Gasteiger partial charge on any atom is -0.381 e. The summed E-state index contributed by atoms with van der Waals surface area (Å²) in [5.74, 6) is 1.03. The monoisotopic (exact) mass is 328 g/mol. The van der Waals surface area contributed by atoms with Crippen molar-refractivity contribution in [3.63, 3.8) is 0 Å². The van der Waals surface area contributed by atoms with Gasteiger partial charge in [0.1, 0.15) is 0 Å². The molecule has 0 aromatic carbocycles. The zero-order valence-corrected chi connectivity index (χ0v) is 13.6. The Bertz CT molecular complexity index is 735. The number of nitrogens with zero attached hydrogens (tertiary/aromatic N) is 2. The molecule has 2 aromatic heterocycles. The van der Waals surface area contributed by atoms with Crippen molar-refractivity contribution in [3.05, 3.63) is 11.6 Å². The number of thiazole rings is 1. The number of hydrogen-bond donors (Lipinski definition) is 2. The molecule has 2 aromatic rings. The highest BCUT2D eigenvalue weighted by molar-refractivity contribution is 7.89. The van der Waals surface area contributed by atoms with E-state index in [0.29, 0.717) is 23.3 Å². The first-order valence-electron chi connectivity index (χ1n) is 7.20. The quantitative estimate of drug-likeness (QED) is 0.899. The molecule has 0 aliphatic heterocycles. The molecule has 1 saturated carbocycles. The van der Waals surface area contributed by atoms with Crippen LogP contribution in [0.2, 0.25) is 0 Å². The number of sulfonamides is 1. The second-order valence-corrected chi connectivity index (χ2v) is 8.29. The Morgan fingerprint density at radius 1 is 1.48 bits per heavy atom. The standard InChI is InChI=1S/C13H20N4O2S2/c1-9-4-2-3-5-10(9)8-15-21(18,19)12-11(14)16-13-17(12)6-7-20-13/h6-7,9-10,15H,2-5,8,14H2,1H3. The fourth-order valence-corrected chi connectivity index (χ4v) is 5.11. The largest absolute Gasteiger partial charge is 0.381 e. The van der Waals surface area contributed by atoms with Gasteiger partial charge in [-0.2, -0.15) is 0 Å². The molecule has 2 atom stereocenters. The van der Waals surface area contributed by atoms with E-state index < -0.39 is 10.0 Å². The van der Waals surface area contributed by atoms with Crippen molar-refractivity contribution in [2.45, 2.75) is 37.6 Å². The molecule has 0 radical (unpaired) electrons. The van der Waals surface area contributed by atoms with E-state index >= 15 is 0 Å². The second-order valence-electron chi connectivity index (χ2n) is 5.73. The third-order valence-corrected chi connectivity index (χ3v) is 6.54. The molecule has 0 bridgehead atoms. The van der Waals surface area contributed by atoms with Crippen molar-refractivity contribution in [1.82, 2.24) is 14.1 Å². The zero-order valence-electron chi connectivity index (χ0n) is 11.9. The normalized spacial score (nSPS) is 23.7. The lowest BCUT2D eigenvalue weighted by molar-refractivity contribution is 0.257. The summed E-state index contributed by atoms with van der Waals surface area (Å²) in [4.78, 5) is 4.69. The van der Waals surface area contributed by atoms with Crippen molar-refractivity contribution in [3.8, 4) is 0 Å². The van der Waals surface area contributed by atoms with Gasteiger partial charge in [-0.15, -0.1) is 11.3 Å². The van der Waals surface area contributed by atoms with Gasteiger partial charge < -0.3 is 5.73 Å². The molecule has 3 N–H and O–H groups in total. The second kappa shape index (κ2) is 5.58. The molecule has 1 fully saturated rings. The van der Waals surface area contributed by atoms with Crippen LogP contribution in [0.1, 0.15) is 32.6 Å². The summed E-state index contributed by atoms with van der Waals surface area (Å²) in [6.45, 7) is 2.67. The summed E-state index contributed by atoms with van der Waals surface area (Å²) in [5, 5.41) is 1.85. The number of aromatic nitrogens is 2. The molecule has 2 unspecified atom stereocenters. The summed E-state index contributed by atoms with van der Waals surface area (Å²) < 4.78 is 29.3. The fourth-order valence-electron chi connectivity index (χ4n) is 3.03. The summed E-state index contributed by atoms with van der Waals surface area (Å²) >= 11 is 1.36. The molecule has 0 spiro atoms. The van der Waals surface area contributed by atoms with E-state index in [-0.39, 0.29) is 10.8 Å². The van der Waals surface area contributed by atoms with Crippen LogP contribution < -0.4 is 10.5 Å². The Hall–Kier alpha value is -1.12. The smallest absolute Gasteiger partial charge is 0.260 e. The van der Waals surface area contributed by atoms with Gasteiger partial charge in [0.25, 0.3) is 10.0 Å². The van der Waals surface area contributed by atoms with Crippen LogP contribution in [0.3, 0.4) is 0 Å². The average Bonchev–Trinajstić information content (AvgIpc) is 2.97. The van der Waals surface area contributed by atoms with Crippen molar-refractivity contribution >= 4 is 32.1 Å². The predicted molar refractivity (Wildman–Crippen MR) is 83.8 cm³/mol. The van der Waals surface area contributed by atoms with Gasteiger partial charge in [0.05, 0.1) is 0 Å². The molecule has 8 heteroatoms. The number of imidazole rings is 1. The Balaban J connectivity index is 1.80. The minimum atomic E-state index is -3.63. The van der Waals surface area contributed by atoms with Crippen molar-refractivity contribution in [1.29, 1.82) is 0 Å². The number of nitrogens with two attached hydrogens (primary N) is 1. The number of nitrogens with one attached hydrogen (secondary N) is 1. The van der Waals surface area contributed by atoms with E-state index in [1.54, 1.807) is 11.6 Å². The van der Waals surface area contributed by atoms with Gasteiger partial charge in [0.15, 0.2) is 15.8 Å². The predicted octanol–water partition coefficient (Wildman–Crippen LogP) is 2.08. The highest BCUT2D eigenvalue weighted by Crippen LogP contribution is 2.29. The van der Waals surface area contributed by atoms with Crippen LogP contribution in [-0.4, -0.2) is 24.3 Å². The number of anilines is 1. The molecule has 2 heterocycles. The molecule has 0 amide bonds. The van der Waals surface area contributed by atoms with Crippen LogP contribution in [0.5, 0.6) is 0 Å². The van der Waals surface area contributed by atoms with Crippen molar-refractivity contribution in [2.75, 3.05) is 12.3 Å². The first-order chi connectivity index (χ1) is 9.99. The van der Waals surface area contributed by atoms with E-state index in [1.807, 2.05) is 0 Å². The molecule has 21 heavy (non-hydrogen) atoms. The SMILES string of the molecule is CC1CCCCC1CNS(=O)(=O)c1c(N)nc2sccn12. The molecule has 1 aliphatic rings. The highest BCUT2D eigenvalue weighted by Gasteiger charge is 2.27. The third kappa shape index (κ3) is 2.79. The van der Waals surface area contributed by atoms with Crippen molar-refractivity contribution < 1.29 is 8.42 Å². The molecular weight excluding hydrogens is 308 g/mol. The van der Waals surface area contributed by atoms with Crippen LogP contribution >= 0.6 is 11.3 Å². The molecule has 116 valence electrons. The van der Waals surface area contributed by atoms with Gasteiger partial charge in [0, 0.05) is 18.1 Å². The lowest BCUT2D eigenvalue weighted by atomic mass is 9.81. The molecule has 0 saturated heterocycles. The minimum absolute atomic E-state index is 0.0576. The van der Waals surface area contributed by atoms with Crippen molar-refractivity contribution in [2.24, 2.45) is 11.8 Å². The van der Waals surface area contributed by atoms with Crippen LogP contribution in [0, 0.1) is 11.8 Å². The molecular formula is C13H20N4O2S2. The average molecular weight is 328 g/mol. The van der Waals surface area contributed by atoms with Gasteiger partial charge in [-0.3, -0.25) is 4.40 Å². The Morgan fingerprint density at radius 2 is 2.24 bits per heavy atom. The van der Waals surface area contributed by atoms with E-state index in [1.165, 1.54) is 35.0 Å². The van der Waals surface area contributed by atoms with Crippen LogP contribution in [0.4, 0.5) is 5.82 Å². The van der Waals surface area contributed by atoms with E-state index in [2.05, 4.69) is 16.6 Å². The summed E-state index contributed by atoms with van der Waals surface area (Å²) in [5.41, 5.74) is 5.78. The van der Waals surface area contributed by atoms with Crippen LogP contribution in [-0.2, 0) is 10.0 Å². The van der Waals surface area contributed by atoms with Crippen LogP contribution in [0.25, 0.3) is 4.96 Å². The van der Waals surface area contributed by atoms with Gasteiger partial charge >= 0.3 is 0 Å². The van der Waals surface area contributed by atoms with Gasteiger partial charge in [0.2, 0.25) is 0 Å². The molecule has 1 aliphatic carbocycles. The Kier molecular flexibility index (Phi) is 3.94. The van der Waals surface area contributed by atoms with Gasteiger partial charge in [-0.05, 0) is 18.3 Å². The zero-order chi connectivity index (χ0) is 15.0. The first-order valence-corrected chi connectivity index (χ1v) is 9.56. The maximum Gasteiger partial charge on any atom is 0.260 e. The lowest BCUT2D eigenvalue weighted by Crippen LogP contribution is -2.34. The highest BCUT2D eigenvalue weighted by atomic mass is 32.2. The van der Waals surface area contributed by atoms with E-state index in [9.17, 15) is 8.42 Å². The topological polar surface area (TPSA) is 89.5 Å². The van der Waals surface area contributed by atoms with E-state index in [4.69, 9.17) is 5.73 Å². The fraction of sp³-hybridized carbons (Fsp3) is 0.615. The number of rotatable bonds is 4. The number of fused-ring (bicyclic) bond motifs is 1. The van der Waals surface area contributed by atoms with E-state index in [0.717, 1.165) is 6.42 Å². The van der Waals surface area contributed by atoms with Gasteiger partial charge in [-0.1, -0.05) is 26.2 Å². The Labute approximate surface area is 128 Å². The number of nitrogen functional groups attached to an aromatic ring is 1. The third-order valence-electron chi connectivity index (χ3n) is 4.32. The van der Waals surface area contributed by atoms with Gasteiger partial charge in [-0.25, -0.2) is 18.1 Å². The maximum atomic E-state index is 12.5. The summed E-state index contributed by atoms with van der Waals surface area (Å²) in [6.07, 6.45) is 6.37. The number of hydrogen-bond acceptors (Lipinski definition) is 5. The van der Waals surface area contributed by atoms with Crippen LogP contribution in [0.15, 0.2) is 16.6 Å². The molecule has 3 rings (SSSR count). The molecule has 6 nitrogen and oxygen atoms in total. The Morgan fingerprint density at radius 3 is 3.00 bits per heavy atom. The lowest BCUT2D eigenvalue weighted by Gasteiger charge is -2.28.